The number of amides is 1. The van der Waals surface area contributed by atoms with Crippen molar-refractivity contribution in [1.82, 2.24) is 5.32 Å². The standard InChI is InChI=1S/C12H13ClFNO3/c13-8-2-1-7(5-9(8)14)12-10(3-4-18-12)15-11(17)6-16/h1-2,5,10,12,16H,3-4,6H2,(H,15,17). The van der Waals surface area contributed by atoms with Gasteiger partial charge >= 0.3 is 0 Å². The zero-order valence-electron chi connectivity index (χ0n) is 9.53. The summed E-state index contributed by atoms with van der Waals surface area (Å²) in [6.45, 7) is -0.0938. The Morgan fingerprint density at radius 3 is 3.06 bits per heavy atom. The summed E-state index contributed by atoms with van der Waals surface area (Å²) in [6, 6.07) is 4.17. The molecule has 1 saturated heterocycles. The highest BCUT2D eigenvalue weighted by atomic mass is 35.5. The summed E-state index contributed by atoms with van der Waals surface area (Å²) in [6.07, 6.45) is 0.216. The summed E-state index contributed by atoms with van der Waals surface area (Å²) in [5.74, 6) is -0.984. The third kappa shape index (κ3) is 2.80. The van der Waals surface area contributed by atoms with E-state index in [1.165, 1.54) is 12.1 Å². The summed E-state index contributed by atoms with van der Waals surface area (Å²) >= 11 is 5.61. The number of carbonyl (C=O) groups excluding carboxylic acids is 1. The molecule has 2 unspecified atom stereocenters. The second-order valence-corrected chi connectivity index (χ2v) is 4.49. The molecule has 98 valence electrons. The third-order valence-electron chi connectivity index (χ3n) is 2.85. The van der Waals surface area contributed by atoms with Gasteiger partial charge in [0.1, 0.15) is 18.5 Å². The Labute approximate surface area is 109 Å². The summed E-state index contributed by atoms with van der Waals surface area (Å²) in [5, 5.41) is 11.4. The summed E-state index contributed by atoms with van der Waals surface area (Å²) in [7, 11) is 0. The van der Waals surface area contributed by atoms with Crippen LogP contribution in [0.2, 0.25) is 5.02 Å². The number of halogens is 2. The van der Waals surface area contributed by atoms with Crippen LogP contribution in [0.3, 0.4) is 0 Å². The van der Waals surface area contributed by atoms with Crippen LogP contribution in [0, 0.1) is 5.82 Å². The summed E-state index contributed by atoms with van der Waals surface area (Å²) < 4.78 is 18.9. The Kier molecular flexibility index (Phi) is 4.16. The molecule has 18 heavy (non-hydrogen) atoms. The van der Waals surface area contributed by atoms with Gasteiger partial charge in [-0.2, -0.15) is 0 Å². The van der Waals surface area contributed by atoms with Crippen molar-refractivity contribution in [2.75, 3.05) is 13.2 Å². The van der Waals surface area contributed by atoms with Crippen molar-refractivity contribution in [2.24, 2.45) is 0 Å². The molecule has 0 spiro atoms. The minimum absolute atomic E-state index is 0.0488. The SMILES string of the molecule is O=C(CO)NC1CCOC1c1ccc(Cl)c(F)c1. The van der Waals surface area contributed by atoms with E-state index in [2.05, 4.69) is 5.32 Å². The predicted molar refractivity (Wildman–Crippen MR) is 63.7 cm³/mol. The topological polar surface area (TPSA) is 58.6 Å². The molecule has 1 aliphatic heterocycles. The average molecular weight is 274 g/mol. The van der Waals surface area contributed by atoms with Crippen LogP contribution in [0.25, 0.3) is 0 Å². The highest BCUT2D eigenvalue weighted by molar-refractivity contribution is 6.30. The first-order valence-electron chi connectivity index (χ1n) is 5.58. The van der Waals surface area contributed by atoms with Crippen LogP contribution >= 0.6 is 11.6 Å². The zero-order chi connectivity index (χ0) is 13.1. The fourth-order valence-corrected chi connectivity index (χ4v) is 2.13. The first-order valence-corrected chi connectivity index (χ1v) is 5.96. The first kappa shape index (κ1) is 13.3. The zero-order valence-corrected chi connectivity index (χ0v) is 10.3. The maximum Gasteiger partial charge on any atom is 0.246 e. The quantitative estimate of drug-likeness (QED) is 0.876. The van der Waals surface area contributed by atoms with Gasteiger partial charge in [-0.1, -0.05) is 17.7 Å². The normalized spacial score (nSPS) is 23.1. The maximum absolute atomic E-state index is 13.4. The molecule has 0 aromatic heterocycles. The van der Waals surface area contributed by atoms with Crippen molar-refractivity contribution in [3.8, 4) is 0 Å². The number of ether oxygens (including phenoxy) is 1. The molecule has 0 radical (unpaired) electrons. The van der Waals surface area contributed by atoms with Gasteiger partial charge in [0.25, 0.3) is 0 Å². The van der Waals surface area contributed by atoms with E-state index in [0.29, 0.717) is 18.6 Å². The molecule has 2 atom stereocenters. The number of aliphatic hydroxyl groups is 1. The molecular weight excluding hydrogens is 261 g/mol. The van der Waals surface area contributed by atoms with E-state index in [9.17, 15) is 9.18 Å². The van der Waals surface area contributed by atoms with E-state index in [1.54, 1.807) is 6.07 Å². The molecule has 1 heterocycles. The van der Waals surface area contributed by atoms with Crippen LogP contribution < -0.4 is 5.32 Å². The fourth-order valence-electron chi connectivity index (χ4n) is 2.01. The molecule has 1 aromatic rings. The minimum atomic E-state index is -0.571. The van der Waals surface area contributed by atoms with Gasteiger partial charge in [-0.3, -0.25) is 4.79 Å². The predicted octanol–water partition coefficient (Wildman–Crippen LogP) is 1.42. The average Bonchev–Trinajstić information content (AvgIpc) is 2.80. The lowest BCUT2D eigenvalue weighted by Crippen LogP contribution is -2.38. The molecule has 1 aromatic carbocycles. The number of aliphatic hydroxyl groups excluding tert-OH is 1. The van der Waals surface area contributed by atoms with Crippen LogP contribution in [-0.2, 0) is 9.53 Å². The van der Waals surface area contributed by atoms with Gasteiger partial charge < -0.3 is 15.2 Å². The molecule has 4 nitrogen and oxygen atoms in total. The van der Waals surface area contributed by atoms with Crippen LogP contribution in [0.1, 0.15) is 18.1 Å². The maximum atomic E-state index is 13.4. The Hall–Kier alpha value is -1.17. The van der Waals surface area contributed by atoms with Crippen LogP contribution in [0.4, 0.5) is 4.39 Å². The largest absolute Gasteiger partial charge is 0.387 e. The molecule has 6 heteroatoms. The van der Waals surface area contributed by atoms with E-state index in [-0.39, 0.29) is 11.1 Å². The van der Waals surface area contributed by atoms with Gasteiger partial charge in [0.2, 0.25) is 5.91 Å². The van der Waals surface area contributed by atoms with Crippen LogP contribution in [0.5, 0.6) is 0 Å². The van der Waals surface area contributed by atoms with Gasteiger partial charge in [0, 0.05) is 6.61 Å². The molecule has 1 amide bonds. The van der Waals surface area contributed by atoms with Gasteiger partial charge in [0.05, 0.1) is 11.1 Å². The van der Waals surface area contributed by atoms with E-state index < -0.39 is 24.4 Å². The number of carbonyl (C=O) groups is 1. The summed E-state index contributed by atoms with van der Waals surface area (Å²) in [4.78, 5) is 11.2. The highest BCUT2D eigenvalue weighted by Gasteiger charge is 2.31. The lowest BCUT2D eigenvalue weighted by molar-refractivity contribution is -0.124. The first-order chi connectivity index (χ1) is 8.61. The van der Waals surface area contributed by atoms with Crippen LogP contribution in [-0.4, -0.2) is 30.3 Å². The highest BCUT2D eigenvalue weighted by Crippen LogP contribution is 2.30. The second-order valence-electron chi connectivity index (χ2n) is 4.09. The number of rotatable bonds is 3. The Morgan fingerprint density at radius 1 is 1.61 bits per heavy atom. The number of benzene rings is 1. The third-order valence-corrected chi connectivity index (χ3v) is 3.16. The van der Waals surface area contributed by atoms with Crippen LogP contribution in [0.15, 0.2) is 18.2 Å². The Balaban J connectivity index is 2.15. The van der Waals surface area contributed by atoms with Gasteiger partial charge in [-0.05, 0) is 24.1 Å². The van der Waals surface area contributed by atoms with Crippen molar-refractivity contribution in [3.63, 3.8) is 0 Å². The van der Waals surface area contributed by atoms with E-state index in [4.69, 9.17) is 21.4 Å². The molecule has 2 rings (SSSR count). The Bertz CT molecular complexity index is 455. The molecule has 0 aliphatic carbocycles. The Morgan fingerprint density at radius 2 is 2.39 bits per heavy atom. The molecule has 0 saturated carbocycles. The molecule has 1 aliphatic rings. The van der Waals surface area contributed by atoms with E-state index in [0.717, 1.165) is 0 Å². The number of hydrogen-bond donors (Lipinski definition) is 2. The lowest BCUT2D eigenvalue weighted by atomic mass is 10.0. The second kappa shape index (κ2) is 5.65. The van der Waals surface area contributed by atoms with Crippen molar-refractivity contribution in [2.45, 2.75) is 18.6 Å². The van der Waals surface area contributed by atoms with Crippen molar-refractivity contribution in [1.29, 1.82) is 0 Å². The van der Waals surface area contributed by atoms with Gasteiger partial charge in [-0.25, -0.2) is 4.39 Å². The minimum Gasteiger partial charge on any atom is -0.387 e. The number of nitrogens with one attached hydrogen (secondary N) is 1. The molecule has 2 N–H and O–H groups in total. The molecule has 0 bridgehead atoms. The van der Waals surface area contributed by atoms with Gasteiger partial charge in [-0.15, -0.1) is 0 Å². The smallest absolute Gasteiger partial charge is 0.246 e. The van der Waals surface area contributed by atoms with E-state index >= 15 is 0 Å². The van der Waals surface area contributed by atoms with Gasteiger partial charge in [0.15, 0.2) is 0 Å². The number of hydrogen-bond acceptors (Lipinski definition) is 3. The molecular formula is C12H13ClFNO3. The van der Waals surface area contributed by atoms with E-state index in [1.807, 2.05) is 0 Å². The summed E-state index contributed by atoms with van der Waals surface area (Å²) in [5.41, 5.74) is 0.623. The molecule has 1 fully saturated rings. The van der Waals surface area contributed by atoms with Crippen molar-refractivity contribution in [3.05, 3.63) is 34.6 Å². The van der Waals surface area contributed by atoms with Crippen molar-refractivity contribution >= 4 is 17.5 Å². The lowest BCUT2D eigenvalue weighted by Gasteiger charge is -2.20. The monoisotopic (exact) mass is 273 g/mol. The fraction of sp³-hybridized carbons (Fsp3) is 0.417. The van der Waals surface area contributed by atoms with Crippen molar-refractivity contribution < 1.29 is 19.0 Å².